The van der Waals surface area contributed by atoms with Gasteiger partial charge >= 0.3 is 0 Å². The van der Waals surface area contributed by atoms with Gasteiger partial charge < -0.3 is 14.8 Å². The normalized spacial score (nSPS) is 10.6. The van der Waals surface area contributed by atoms with Gasteiger partial charge in [-0.25, -0.2) is 0 Å². The molecular weight excluding hydrogens is 314 g/mol. The van der Waals surface area contributed by atoms with E-state index in [9.17, 15) is 4.79 Å². The second kappa shape index (κ2) is 8.56. The molecule has 0 aliphatic carbocycles. The van der Waals surface area contributed by atoms with Crippen molar-refractivity contribution in [1.82, 2.24) is 0 Å². The van der Waals surface area contributed by atoms with E-state index in [0.717, 1.165) is 33.9 Å². The van der Waals surface area contributed by atoms with Crippen LogP contribution in [0.25, 0.3) is 0 Å². The predicted octanol–water partition coefficient (Wildman–Crippen LogP) is 4.71. The summed E-state index contributed by atoms with van der Waals surface area (Å²) in [5.74, 6) is 1.89. The number of benzene rings is 2. The van der Waals surface area contributed by atoms with Crippen molar-refractivity contribution in [2.45, 2.75) is 39.5 Å². The molecule has 0 aliphatic rings. The van der Waals surface area contributed by atoms with Crippen LogP contribution in [0, 0.1) is 6.92 Å². The molecule has 0 atom stereocenters. The molecule has 0 aromatic heterocycles. The van der Waals surface area contributed by atoms with E-state index in [1.807, 2.05) is 37.3 Å². The summed E-state index contributed by atoms with van der Waals surface area (Å²) in [4.78, 5) is 12.5. The third-order valence-corrected chi connectivity index (χ3v) is 4.30. The van der Waals surface area contributed by atoms with Crippen molar-refractivity contribution in [2.75, 3.05) is 19.5 Å². The number of aryl methyl sites for hydroxylation is 2. The number of ether oxygens (including phenoxy) is 2. The van der Waals surface area contributed by atoms with E-state index in [0.29, 0.717) is 18.8 Å². The quantitative estimate of drug-likeness (QED) is 0.793. The number of methoxy groups -OCH3 is 2. The van der Waals surface area contributed by atoms with E-state index in [-0.39, 0.29) is 5.91 Å². The lowest BCUT2D eigenvalue weighted by Crippen LogP contribution is -2.15. The van der Waals surface area contributed by atoms with Gasteiger partial charge in [0.25, 0.3) is 0 Å². The molecule has 0 fully saturated rings. The number of hydrogen-bond donors (Lipinski definition) is 1. The molecule has 2 rings (SSSR count). The number of carbonyl (C=O) groups excluding carboxylic acids is 1. The molecule has 0 unspecified atom stereocenters. The van der Waals surface area contributed by atoms with Gasteiger partial charge in [0, 0.05) is 12.1 Å². The zero-order chi connectivity index (χ0) is 18.4. The SMILES string of the molecule is COc1ccc(OC)c(CCC(=O)Nc2c(C)cccc2C(C)C)c1. The number of hydrogen-bond acceptors (Lipinski definition) is 3. The van der Waals surface area contributed by atoms with E-state index >= 15 is 0 Å². The Bertz CT molecular complexity index is 738. The Labute approximate surface area is 150 Å². The van der Waals surface area contributed by atoms with Gasteiger partial charge in [0.15, 0.2) is 0 Å². The second-order valence-electron chi connectivity index (χ2n) is 6.42. The first-order chi connectivity index (χ1) is 12.0. The van der Waals surface area contributed by atoms with Gasteiger partial charge in [0.2, 0.25) is 5.91 Å². The topological polar surface area (TPSA) is 47.6 Å². The predicted molar refractivity (Wildman–Crippen MR) is 102 cm³/mol. The summed E-state index contributed by atoms with van der Waals surface area (Å²) in [6, 6.07) is 11.8. The third kappa shape index (κ3) is 4.75. The lowest BCUT2D eigenvalue weighted by atomic mass is 9.98. The molecule has 0 saturated carbocycles. The fourth-order valence-electron chi connectivity index (χ4n) is 2.87. The lowest BCUT2D eigenvalue weighted by Gasteiger charge is -2.16. The van der Waals surface area contributed by atoms with E-state index in [1.54, 1.807) is 14.2 Å². The lowest BCUT2D eigenvalue weighted by molar-refractivity contribution is -0.116. The molecule has 0 spiro atoms. The van der Waals surface area contributed by atoms with Crippen LogP contribution in [-0.2, 0) is 11.2 Å². The zero-order valence-electron chi connectivity index (χ0n) is 15.7. The molecule has 4 nitrogen and oxygen atoms in total. The minimum absolute atomic E-state index is 0.000993. The zero-order valence-corrected chi connectivity index (χ0v) is 15.7. The molecule has 1 amide bonds. The minimum atomic E-state index is 0.000993. The number of rotatable bonds is 7. The van der Waals surface area contributed by atoms with Crippen molar-refractivity contribution < 1.29 is 14.3 Å². The summed E-state index contributed by atoms with van der Waals surface area (Å²) >= 11 is 0. The largest absolute Gasteiger partial charge is 0.497 e. The number of anilines is 1. The van der Waals surface area contributed by atoms with Gasteiger partial charge in [-0.05, 0) is 54.2 Å². The van der Waals surface area contributed by atoms with Crippen molar-refractivity contribution >= 4 is 11.6 Å². The summed E-state index contributed by atoms with van der Waals surface area (Å²) in [5.41, 5.74) is 4.14. The molecule has 0 radical (unpaired) electrons. The van der Waals surface area contributed by atoms with E-state index in [1.165, 1.54) is 0 Å². The van der Waals surface area contributed by atoms with Crippen molar-refractivity contribution in [3.8, 4) is 11.5 Å². The monoisotopic (exact) mass is 341 g/mol. The first-order valence-corrected chi connectivity index (χ1v) is 8.56. The smallest absolute Gasteiger partial charge is 0.224 e. The van der Waals surface area contributed by atoms with Crippen LogP contribution in [0.3, 0.4) is 0 Å². The van der Waals surface area contributed by atoms with Gasteiger partial charge in [-0.1, -0.05) is 32.0 Å². The van der Waals surface area contributed by atoms with E-state index < -0.39 is 0 Å². The van der Waals surface area contributed by atoms with E-state index in [2.05, 4.69) is 25.2 Å². The highest BCUT2D eigenvalue weighted by atomic mass is 16.5. The summed E-state index contributed by atoms with van der Waals surface area (Å²) in [6.45, 7) is 6.28. The van der Waals surface area contributed by atoms with Gasteiger partial charge in [0.1, 0.15) is 11.5 Å². The van der Waals surface area contributed by atoms with Crippen molar-refractivity contribution in [2.24, 2.45) is 0 Å². The Hall–Kier alpha value is -2.49. The third-order valence-electron chi connectivity index (χ3n) is 4.30. The van der Waals surface area contributed by atoms with Crippen LogP contribution in [0.2, 0.25) is 0 Å². The Kier molecular flexibility index (Phi) is 6.45. The molecule has 1 N–H and O–H groups in total. The van der Waals surface area contributed by atoms with Crippen LogP contribution in [0.5, 0.6) is 11.5 Å². The Morgan fingerprint density at radius 2 is 1.88 bits per heavy atom. The average molecular weight is 341 g/mol. The van der Waals surface area contributed by atoms with Crippen LogP contribution in [-0.4, -0.2) is 20.1 Å². The molecule has 4 heteroatoms. The van der Waals surface area contributed by atoms with Crippen LogP contribution in [0.1, 0.15) is 42.9 Å². The van der Waals surface area contributed by atoms with Crippen molar-refractivity contribution in [1.29, 1.82) is 0 Å². The van der Waals surface area contributed by atoms with Crippen LogP contribution >= 0.6 is 0 Å². The van der Waals surface area contributed by atoms with Crippen molar-refractivity contribution in [3.05, 3.63) is 53.1 Å². The number of para-hydroxylation sites is 1. The summed E-state index contributed by atoms with van der Waals surface area (Å²) < 4.78 is 10.6. The molecule has 2 aromatic carbocycles. The second-order valence-corrected chi connectivity index (χ2v) is 6.42. The maximum Gasteiger partial charge on any atom is 0.224 e. The van der Waals surface area contributed by atoms with Gasteiger partial charge in [0.05, 0.1) is 14.2 Å². The summed E-state index contributed by atoms with van der Waals surface area (Å²) in [5, 5.41) is 3.09. The van der Waals surface area contributed by atoms with Gasteiger partial charge in [-0.15, -0.1) is 0 Å². The van der Waals surface area contributed by atoms with Gasteiger partial charge in [-0.2, -0.15) is 0 Å². The van der Waals surface area contributed by atoms with Gasteiger partial charge in [-0.3, -0.25) is 4.79 Å². The molecule has 0 aliphatic heterocycles. The fourth-order valence-corrected chi connectivity index (χ4v) is 2.87. The highest BCUT2D eigenvalue weighted by Crippen LogP contribution is 2.28. The highest BCUT2D eigenvalue weighted by molar-refractivity contribution is 5.92. The molecule has 25 heavy (non-hydrogen) atoms. The fraction of sp³-hybridized carbons (Fsp3) is 0.381. The molecule has 0 saturated heterocycles. The first-order valence-electron chi connectivity index (χ1n) is 8.56. The first kappa shape index (κ1) is 18.8. The van der Waals surface area contributed by atoms with E-state index in [4.69, 9.17) is 9.47 Å². The standard InChI is InChI=1S/C21H27NO3/c1-14(2)18-8-6-7-15(3)21(18)22-20(23)12-9-16-13-17(24-4)10-11-19(16)25-5/h6-8,10-11,13-14H,9,12H2,1-5H3,(H,22,23). The van der Waals surface area contributed by atoms with Crippen molar-refractivity contribution in [3.63, 3.8) is 0 Å². The van der Waals surface area contributed by atoms with Crippen LogP contribution in [0.15, 0.2) is 36.4 Å². The molecule has 0 heterocycles. The maximum atomic E-state index is 12.5. The van der Waals surface area contributed by atoms with Crippen LogP contribution in [0.4, 0.5) is 5.69 Å². The molecule has 0 bridgehead atoms. The Morgan fingerprint density at radius 3 is 2.52 bits per heavy atom. The number of nitrogens with one attached hydrogen (secondary N) is 1. The molecule has 2 aromatic rings. The maximum absolute atomic E-state index is 12.5. The minimum Gasteiger partial charge on any atom is -0.497 e. The Balaban J connectivity index is 2.10. The van der Waals surface area contributed by atoms with Crippen LogP contribution < -0.4 is 14.8 Å². The summed E-state index contributed by atoms with van der Waals surface area (Å²) in [6.07, 6.45) is 0.977. The molecular formula is C21H27NO3. The number of amides is 1. The Morgan fingerprint density at radius 1 is 1.12 bits per heavy atom. The molecule has 134 valence electrons. The average Bonchev–Trinajstić information content (AvgIpc) is 2.61. The number of carbonyl (C=O) groups is 1. The highest BCUT2D eigenvalue weighted by Gasteiger charge is 2.13. The summed E-state index contributed by atoms with van der Waals surface area (Å²) in [7, 11) is 3.26.